The smallest absolute Gasteiger partial charge is 0.322 e. The molecule has 0 unspecified atom stereocenters. The summed E-state index contributed by atoms with van der Waals surface area (Å²) in [6.45, 7) is 4.13. The Labute approximate surface area is 115 Å². The van der Waals surface area contributed by atoms with E-state index in [1.54, 1.807) is 6.92 Å². The second kappa shape index (κ2) is 6.14. The van der Waals surface area contributed by atoms with Crippen molar-refractivity contribution in [3.8, 4) is 0 Å². The van der Waals surface area contributed by atoms with Crippen LogP contribution in [-0.4, -0.2) is 22.6 Å². The maximum atomic E-state index is 13.8. The molecule has 2 rings (SSSR count). The van der Waals surface area contributed by atoms with Gasteiger partial charge in [0.1, 0.15) is 5.82 Å². The number of hydrogen-bond acceptors (Lipinski definition) is 5. The molecule has 7 heteroatoms. The van der Waals surface area contributed by atoms with E-state index in [4.69, 9.17) is 4.42 Å². The number of carbonyl (C=O) groups is 1. The Morgan fingerprint density at radius 1 is 1.40 bits per heavy atom. The number of amides is 1. The predicted molar refractivity (Wildman–Crippen MR) is 72.2 cm³/mol. The molecule has 6 nitrogen and oxygen atoms in total. The molecular formula is C13H15FN4O2. The SMILES string of the molecule is CCCNc1c(F)cccc1C(=O)Nc1nnc(C)o1. The van der Waals surface area contributed by atoms with E-state index >= 15 is 0 Å². The van der Waals surface area contributed by atoms with Gasteiger partial charge in [0.2, 0.25) is 5.89 Å². The Kier molecular flexibility index (Phi) is 4.29. The summed E-state index contributed by atoms with van der Waals surface area (Å²) in [4.78, 5) is 12.1. The third kappa shape index (κ3) is 3.11. The minimum absolute atomic E-state index is 0.0156. The van der Waals surface area contributed by atoms with Crippen molar-refractivity contribution in [2.24, 2.45) is 0 Å². The Balaban J connectivity index is 2.22. The number of nitrogens with one attached hydrogen (secondary N) is 2. The fourth-order valence-corrected chi connectivity index (χ4v) is 1.65. The zero-order chi connectivity index (χ0) is 14.5. The lowest BCUT2D eigenvalue weighted by molar-refractivity contribution is 0.102. The van der Waals surface area contributed by atoms with Gasteiger partial charge in [-0.25, -0.2) is 4.39 Å². The summed E-state index contributed by atoms with van der Waals surface area (Å²) in [5, 5.41) is 12.6. The molecule has 0 atom stereocenters. The highest BCUT2D eigenvalue weighted by molar-refractivity contribution is 6.07. The molecular weight excluding hydrogens is 263 g/mol. The molecule has 0 aliphatic heterocycles. The van der Waals surface area contributed by atoms with E-state index in [0.717, 1.165) is 6.42 Å². The monoisotopic (exact) mass is 278 g/mol. The Hall–Kier alpha value is -2.44. The minimum Gasteiger partial charge on any atom is -0.408 e. The predicted octanol–water partition coefficient (Wildman–Crippen LogP) is 2.59. The fourth-order valence-electron chi connectivity index (χ4n) is 1.65. The van der Waals surface area contributed by atoms with Crippen molar-refractivity contribution in [3.63, 3.8) is 0 Å². The van der Waals surface area contributed by atoms with Gasteiger partial charge in [-0.2, -0.15) is 0 Å². The van der Waals surface area contributed by atoms with E-state index in [1.807, 2.05) is 6.92 Å². The average Bonchev–Trinajstić information content (AvgIpc) is 2.82. The summed E-state index contributed by atoms with van der Waals surface area (Å²) in [7, 11) is 0. The van der Waals surface area contributed by atoms with Crippen molar-refractivity contribution in [2.75, 3.05) is 17.2 Å². The van der Waals surface area contributed by atoms with Crippen LogP contribution >= 0.6 is 0 Å². The molecule has 0 spiro atoms. The number of carbonyl (C=O) groups excluding carboxylic acids is 1. The number of nitrogens with zero attached hydrogens (tertiary/aromatic N) is 2. The van der Waals surface area contributed by atoms with Gasteiger partial charge in [0.05, 0.1) is 11.3 Å². The van der Waals surface area contributed by atoms with Crippen LogP contribution in [0.25, 0.3) is 0 Å². The first-order valence-electron chi connectivity index (χ1n) is 6.25. The van der Waals surface area contributed by atoms with Crippen LogP contribution in [0.1, 0.15) is 29.6 Å². The molecule has 0 radical (unpaired) electrons. The molecule has 0 aliphatic carbocycles. The molecule has 2 aromatic rings. The van der Waals surface area contributed by atoms with Crippen molar-refractivity contribution in [3.05, 3.63) is 35.5 Å². The molecule has 0 bridgehead atoms. The molecule has 1 aromatic carbocycles. The molecule has 0 fully saturated rings. The molecule has 20 heavy (non-hydrogen) atoms. The third-order valence-electron chi connectivity index (χ3n) is 2.56. The molecule has 1 amide bonds. The van der Waals surface area contributed by atoms with Crippen LogP contribution in [0.15, 0.2) is 22.6 Å². The van der Waals surface area contributed by atoms with Crippen molar-refractivity contribution < 1.29 is 13.6 Å². The van der Waals surface area contributed by atoms with E-state index in [-0.39, 0.29) is 17.3 Å². The second-order valence-electron chi connectivity index (χ2n) is 4.17. The van der Waals surface area contributed by atoms with Gasteiger partial charge in [-0.05, 0) is 18.6 Å². The standard InChI is InChI=1S/C13H15FN4O2/c1-3-7-15-11-9(5-4-6-10(11)14)12(19)16-13-18-17-8(2)20-13/h4-6,15H,3,7H2,1-2H3,(H,16,18,19). The van der Waals surface area contributed by atoms with Gasteiger partial charge >= 0.3 is 6.01 Å². The number of hydrogen-bond donors (Lipinski definition) is 2. The summed E-state index contributed by atoms with van der Waals surface area (Å²) >= 11 is 0. The Morgan fingerprint density at radius 2 is 2.20 bits per heavy atom. The molecule has 106 valence electrons. The zero-order valence-corrected chi connectivity index (χ0v) is 11.2. The average molecular weight is 278 g/mol. The highest BCUT2D eigenvalue weighted by atomic mass is 19.1. The number of aromatic nitrogens is 2. The summed E-state index contributed by atoms with van der Waals surface area (Å²) < 4.78 is 18.8. The third-order valence-corrected chi connectivity index (χ3v) is 2.56. The molecule has 2 N–H and O–H groups in total. The second-order valence-corrected chi connectivity index (χ2v) is 4.17. The number of benzene rings is 1. The number of anilines is 2. The van der Waals surface area contributed by atoms with Gasteiger partial charge in [-0.1, -0.05) is 18.1 Å². The molecule has 0 saturated carbocycles. The van der Waals surface area contributed by atoms with Gasteiger partial charge in [0.15, 0.2) is 0 Å². The van der Waals surface area contributed by atoms with Crippen LogP contribution in [0, 0.1) is 12.7 Å². The van der Waals surface area contributed by atoms with Crippen LogP contribution in [0.3, 0.4) is 0 Å². The van der Waals surface area contributed by atoms with Crippen molar-refractivity contribution >= 4 is 17.6 Å². The van der Waals surface area contributed by atoms with E-state index in [0.29, 0.717) is 12.4 Å². The number of para-hydroxylation sites is 1. The number of rotatable bonds is 5. The lowest BCUT2D eigenvalue weighted by atomic mass is 10.1. The Morgan fingerprint density at radius 3 is 2.85 bits per heavy atom. The quantitative estimate of drug-likeness (QED) is 0.878. The zero-order valence-electron chi connectivity index (χ0n) is 11.2. The largest absolute Gasteiger partial charge is 0.408 e. The van der Waals surface area contributed by atoms with Gasteiger partial charge in [0.25, 0.3) is 5.91 Å². The van der Waals surface area contributed by atoms with Gasteiger partial charge in [0, 0.05) is 13.5 Å². The highest BCUT2D eigenvalue weighted by Gasteiger charge is 2.16. The molecule has 0 aliphatic rings. The first-order chi connectivity index (χ1) is 9.61. The number of halogens is 1. The van der Waals surface area contributed by atoms with E-state index in [2.05, 4.69) is 20.8 Å². The topological polar surface area (TPSA) is 80.0 Å². The first-order valence-corrected chi connectivity index (χ1v) is 6.25. The Bertz CT molecular complexity index is 612. The van der Waals surface area contributed by atoms with Crippen molar-refractivity contribution in [1.29, 1.82) is 0 Å². The minimum atomic E-state index is -0.508. The fraction of sp³-hybridized carbons (Fsp3) is 0.308. The van der Waals surface area contributed by atoms with Gasteiger partial charge in [-0.3, -0.25) is 10.1 Å². The lowest BCUT2D eigenvalue weighted by Gasteiger charge is -2.11. The van der Waals surface area contributed by atoms with Crippen LogP contribution in [-0.2, 0) is 0 Å². The van der Waals surface area contributed by atoms with Crippen LogP contribution in [0.2, 0.25) is 0 Å². The van der Waals surface area contributed by atoms with Gasteiger partial charge < -0.3 is 9.73 Å². The highest BCUT2D eigenvalue weighted by Crippen LogP contribution is 2.21. The maximum Gasteiger partial charge on any atom is 0.322 e. The lowest BCUT2D eigenvalue weighted by Crippen LogP contribution is -2.16. The van der Waals surface area contributed by atoms with Crippen molar-refractivity contribution in [2.45, 2.75) is 20.3 Å². The maximum absolute atomic E-state index is 13.8. The molecule has 0 saturated heterocycles. The molecule has 1 aromatic heterocycles. The summed E-state index contributed by atoms with van der Waals surface area (Å²) in [5.41, 5.74) is 0.359. The summed E-state index contributed by atoms with van der Waals surface area (Å²) in [5.74, 6) is -0.650. The van der Waals surface area contributed by atoms with E-state index in [1.165, 1.54) is 18.2 Å². The normalized spacial score (nSPS) is 10.3. The summed E-state index contributed by atoms with van der Waals surface area (Å²) in [6.07, 6.45) is 0.818. The first kappa shape index (κ1) is 14.0. The van der Waals surface area contributed by atoms with Crippen LogP contribution in [0.4, 0.5) is 16.1 Å². The van der Waals surface area contributed by atoms with Crippen molar-refractivity contribution in [1.82, 2.24) is 10.2 Å². The van der Waals surface area contributed by atoms with E-state index in [9.17, 15) is 9.18 Å². The van der Waals surface area contributed by atoms with Gasteiger partial charge in [-0.15, -0.1) is 5.10 Å². The number of aryl methyl sites for hydroxylation is 1. The van der Waals surface area contributed by atoms with E-state index < -0.39 is 11.7 Å². The molecule has 1 heterocycles. The van der Waals surface area contributed by atoms with Crippen LogP contribution in [0.5, 0.6) is 0 Å². The van der Waals surface area contributed by atoms with Crippen LogP contribution < -0.4 is 10.6 Å². The summed E-state index contributed by atoms with van der Waals surface area (Å²) in [6, 6.07) is 4.28.